The molecule has 0 amide bonds. The fourth-order valence-electron chi connectivity index (χ4n) is 0. The van der Waals surface area contributed by atoms with Crippen LogP contribution in [0, 0.1) is 0 Å². The molecule has 0 atom stereocenters. The summed E-state index contributed by atoms with van der Waals surface area (Å²) in [6, 6.07) is 0. The first-order valence-corrected chi connectivity index (χ1v) is 6.15. The highest BCUT2D eigenvalue weighted by molar-refractivity contribution is 6.66. The van der Waals surface area contributed by atoms with Gasteiger partial charge in [-0.25, -0.2) is 0 Å². The summed E-state index contributed by atoms with van der Waals surface area (Å²) in [5.41, 5.74) is 0. The third kappa shape index (κ3) is 43.2. The summed E-state index contributed by atoms with van der Waals surface area (Å²) in [6.07, 6.45) is -4.47. The van der Waals surface area contributed by atoms with Crippen LogP contribution in [0.3, 0.4) is 0 Å². The van der Waals surface area contributed by atoms with Gasteiger partial charge < -0.3 is 0 Å². The van der Waals surface area contributed by atoms with Gasteiger partial charge >= 0.3 is 15.6 Å². The summed E-state index contributed by atoms with van der Waals surface area (Å²) in [6.45, 7) is 0. The van der Waals surface area contributed by atoms with E-state index < -0.39 is 26.3 Å². The van der Waals surface area contributed by atoms with E-state index in [0.29, 0.717) is 0 Å². The van der Waals surface area contributed by atoms with Crippen molar-refractivity contribution in [3.8, 4) is 0 Å². The molecule has 0 aliphatic carbocycles. The van der Waals surface area contributed by atoms with Gasteiger partial charge in [0, 0.05) is 0 Å². The molecular weight excluding hydrogens is 422 g/mol. The zero-order chi connectivity index (χ0) is 15.8. The zero-order valence-electron chi connectivity index (χ0n) is 7.70. The average Bonchev–Trinajstić information content (AvgIpc) is 1.98. The summed E-state index contributed by atoms with van der Waals surface area (Å²) in [7, 11) is 0. The Morgan fingerprint density at radius 3 is 0.889 bits per heavy atom. The molecule has 0 aromatic carbocycles. The second kappa shape index (κ2) is 10.4. The molecule has 0 aromatic rings. The predicted octanol–water partition coefficient (Wildman–Crippen LogP) is 6.69. The molecule has 0 aliphatic heterocycles. The van der Waals surface area contributed by atoms with E-state index in [1.54, 1.807) is 0 Å². The van der Waals surface area contributed by atoms with Gasteiger partial charge in [0.05, 0.1) is 0 Å². The second-order valence-electron chi connectivity index (χ2n) is 2.02. The molecule has 0 radical (unpaired) electrons. The van der Waals surface area contributed by atoms with E-state index >= 15 is 0 Å². The minimum atomic E-state index is -4.47. The van der Waals surface area contributed by atoms with Gasteiger partial charge in [0.15, 0.2) is 0 Å². The maximum atomic E-state index is 11.1. The van der Waals surface area contributed by atoms with Crippen molar-refractivity contribution >= 4 is 81.2 Å². The molecule has 0 aromatic heterocycles. The van der Waals surface area contributed by atoms with Crippen LogP contribution in [0.2, 0.25) is 0 Å². The number of alkyl halides is 13. The summed E-state index contributed by atoms with van der Waals surface area (Å²) in [5.74, 6) is -0.825. The van der Waals surface area contributed by atoms with Gasteiger partial charge in [0.25, 0.3) is 0 Å². The Hall–Kier alpha value is 1.61. The van der Waals surface area contributed by atoms with Crippen molar-refractivity contribution < 1.29 is 26.3 Å². The molecule has 0 saturated carbocycles. The number of rotatable bonds is 1. The molecule has 0 nitrogen and oxygen atoms in total. The highest BCUT2D eigenvalue weighted by atomic mass is 35.6. The van der Waals surface area contributed by atoms with E-state index in [4.69, 9.17) is 0 Å². The number of hydrogen-bond donors (Lipinski definition) is 0. The second-order valence-corrected chi connectivity index (χ2v) is 6.08. The summed E-state index contributed by atoms with van der Waals surface area (Å²) in [5, 5.41) is -3.22. The lowest BCUT2D eigenvalue weighted by atomic mass is 10.8. The fraction of sp³-hybridized carbons (Fsp3) is 1.00. The molecule has 0 heterocycles. The molecule has 0 N–H and O–H groups in total. The van der Waals surface area contributed by atoms with Crippen LogP contribution in [0.25, 0.3) is 0 Å². The van der Waals surface area contributed by atoms with Crippen molar-refractivity contribution in [2.75, 3.05) is 5.88 Å². The van der Waals surface area contributed by atoms with Gasteiger partial charge in [0.2, 0.25) is 4.84 Å². The molecule has 0 bridgehead atoms. The van der Waals surface area contributed by atoms with E-state index in [-0.39, 0.29) is 0 Å². The van der Waals surface area contributed by atoms with Crippen molar-refractivity contribution in [3.05, 3.63) is 0 Å². The van der Waals surface area contributed by atoms with Crippen LogP contribution < -0.4 is 0 Å². The first kappa shape index (κ1) is 24.6. The maximum Gasteiger partial charge on any atom is 0.418 e. The van der Waals surface area contributed by atoms with Gasteiger partial charge in [-0.1, -0.05) is 23.2 Å². The van der Waals surface area contributed by atoms with Crippen LogP contribution in [-0.4, -0.2) is 26.3 Å². The Labute approximate surface area is 133 Å². The van der Waals surface area contributed by atoms with Crippen molar-refractivity contribution in [1.82, 2.24) is 0 Å². The molecule has 0 aliphatic rings. The van der Waals surface area contributed by atoms with Crippen molar-refractivity contribution in [1.29, 1.82) is 0 Å². The van der Waals surface area contributed by atoms with Gasteiger partial charge in [-0.2, -0.15) is 26.3 Å². The molecule has 0 rings (SSSR count). The SMILES string of the molecule is FC(Cl)(Cl)Cl.FC(F)(Cl)CCl.FC(F)(F)C(Cl)Cl. The molecule has 13 heteroatoms. The van der Waals surface area contributed by atoms with Gasteiger partial charge in [-0.15, -0.1) is 11.6 Å². The Morgan fingerprint density at radius 2 is 0.889 bits per heavy atom. The average molecular weight is 425 g/mol. The lowest BCUT2D eigenvalue weighted by molar-refractivity contribution is -0.115. The lowest BCUT2D eigenvalue weighted by Gasteiger charge is -2.03. The van der Waals surface area contributed by atoms with Crippen molar-refractivity contribution in [2.24, 2.45) is 0 Å². The van der Waals surface area contributed by atoms with Gasteiger partial charge in [0.1, 0.15) is 5.88 Å². The molecule has 0 unspecified atom stereocenters. The Morgan fingerprint density at radius 1 is 0.778 bits per heavy atom. The van der Waals surface area contributed by atoms with Gasteiger partial charge in [-0.05, 0) is 46.4 Å². The number of hydrogen-bond acceptors (Lipinski definition) is 0. The van der Waals surface area contributed by atoms with E-state index in [1.165, 1.54) is 0 Å². The summed E-state index contributed by atoms with van der Waals surface area (Å²) in [4.78, 5) is -2.26. The first-order chi connectivity index (χ1) is 7.50. The van der Waals surface area contributed by atoms with E-state index in [2.05, 4.69) is 81.2 Å². The highest BCUT2D eigenvalue weighted by Crippen LogP contribution is 2.27. The molecule has 18 heavy (non-hydrogen) atoms. The number of halogens is 13. The minimum absolute atomic E-state index is 0.825. The third-order valence-electron chi connectivity index (χ3n) is 0.399. The van der Waals surface area contributed by atoms with Crippen LogP contribution in [0.1, 0.15) is 0 Å². The summed E-state index contributed by atoms with van der Waals surface area (Å²) < 4.78 is 63.3. The molecule has 0 saturated heterocycles. The van der Waals surface area contributed by atoms with Crippen molar-refractivity contribution in [2.45, 2.75) is 20.4 Å². The monoisotopic (exact) mass is 422 g/mol. The maximum absolute atomic E-state index is 11.1. The zero-order valence-corrected chi connectivity index (χ0v) is 13.0. The first-order valence-electron chi connectivity index (χ1n) is 3.24. The third-order valence-corrected chi connectivity index (χ3v) is 1.50. The normalized spacial score (nSPS) is 12.3. The molecule has 114 valence electrons. The highest BCUT2D eigenvalue weighted by Gasteiger charge is 2.36. The Balaban J connectivity index is -0.000000190. The minimum Gasteiger partial charge on any atom is -0.189 e. The Bertz CT molecular complexity index is 188. The standard InChI is InChI=1S/C2HCl2F3.C2H2Cl2F2.CCl3F/c3-1(4)2(5,6)7;3-1-2(4,5)6;2-1(3,4)5/h1H;1H2;. The van der Waals surface area contributed by atoms with Crippen LogP contribution in [-0.2, 0) is 0 Å². The summed E-state index contributed by atoms with van der Waals surface area (Å²) >= 11 is 30.8. The van der Waals surface area contributed by atoms with Crippen LogP contribution in [0.5, 0.6) is 0 Å². The van der Waals surface area contributed by atoms with E-state index in [0.717, 1.165) is 0 Å². The topological polar surface area (TPSA) is 0 Å². The molecule has 0 spiro atoms. The largest absolute Gasteiger partial charge is 0.418 e. The quantitative estimate of drug-likeness (QED) is 0.324. The smallest absolute Gasteiger partial charge is 0.189 e. The van der Waals surface area contributed by atoms with E-state index in [1.807, 2.05) is 0 Å². The Kier molecular flexibility index (Phi) is 14.2. The predicted molar refractivity (Wildman–Crippen MR) is 64.5 cm³/mol. The van der Waals surface area contributed by atoms with Crippen LogP contribution in [0.15, 0.2) is 0 Å². The van der Waals surface area contributed by atoms with Gasteiger partial charge in [-0.3, -0.25) is 0 Å². The van der Waals surface area contributed by atoms with Crippen LogP contribution in [0.4, 0.5) is 26.3 Å². The molecule has 0 fully saturated rings. The molecular formula is C5H3Cl7F6. The fourth-order valence-corrected chi connectivity index (χ4v) is 0. The van der Waals surface area contributed by atoms with Crippen molar-refractivity contribution in [3.63, 3.8) is 0 Å². The van der Waals surface area contributed by atoms with E-state index in [9.17, 15) is 26.3 Å². The lowest BCUT2D eigenvalue weighted by Crippen LogP contribution is -2.16. The van der Waals surface area contributed by atoms with Crippen LogP contribution >= 0.6 is 81.2 Å².